The van der Waals surface area contributed by atoms with Crippen molar-refractivity contribution in [3.8, 4) is 5.75 Å². The predicted octanol–water partition coefficient (Wildman–Crippen LogP) is 7.41. The fourth-order valence-corrected chi connectivity index (χ4v) is 3.94. The molecule has 37 heavy (non-hydrogen) atoms. The Morgan fingerprint density at radius 3 is 1.76 bits per heavy atom. The quantitative estimate of drug-likeness (QED) is 0.250. The van der Waals surface area contributed by atoms with Crippen LogP contribution in [0.4, 0.5) is 16.2 Å². The van der Waals surface area contributed by atoms with E-state index >= 15 is 0 Å². The van der Waals surface area contributed by atoms with E-state index in [-0.39, 0.29) is 5.56 Å². The molecule has 0 unspecified atom stereocenters. The molecule has 0 aliphatic carbocycles. The van der Waals surface area contributed by atoms with E-state index in [9.17, 15) is 9.59 Å². The molecule has 0 fully saturated rings. The average Bonchev–Trinajstić information content (AvgIpc) is 2.93. The normalized spacial score (nSPS) is 10.7. The van der Waals surface area contributed by atoms with Gasteiger partial charge in [0, 0.05) is 11.4 Å². The summed E-state index contributed by atoms with van der Waals surface area (Å²) in [6, 6.07) is 31.7. The van der Waals surface area contributed by atoms with E-state index in [1.54, 1.807) is 18.2 Å². The van der Waals surface area contributed by atoms with Gasteiger partial charge in [0.05, 0.1) is 7.11 Å². The van der Waals surface area contributed by atoms with Gasteiger partial charge >= 0.3 is 12.0 Å². The summed E-state index contributed by atoms with van der Waals surface area (Å²) in [6.45, 7) is 4.23. The number of nitrogens with one attached hydrogen (secondary N) is 2. The highest BCUT2D eigenvalue weighted by Crippen LogP contribution is 2.32. The molecule has 0 spiro atoms. The van der Waals surface area contributed by atoms with Crippen molar-refractivity contribution in [1.82, 2.24) is 0 Å². The van der Waals surface area contributed by atoms with Crippen molar-refractivity contribution in [2.45, 2.75) is 25.9 Å². The summed E-state index contributed by atoms with van der Waals surface area (Å²) in [5, 5.41) is 5.59. The summed E-state index contributed by atoms with van der Waals surface area (Å²) >= 11 is 0. The molecule has 4 aromatic carbocycles. The lowest BCUT2D eigenvalue weighted by molar-refractivity contribution is 0.0594. The first-order valence-electron chi connectivity index (χ1n) is 12.1. The minimum Gasteiger partial charge on any atom is -0.480 e. The van der Waals surface area contributed by atoms with Crippen LogP contribution in [-0.4, -0.2) is 19.1 Å². The van der Waals surface area contributed by atoms with E-state index in [1.165, 1.54) is 12.7 Å². The molecule has 0 aliphatic heterocycles. The molecule has 0 aromatic heterocycles. The number of rotatable bonds is 8. The van der Waals surface area contributed by atoms with Crippen molar-refractivity contribution >= 4 is 23.4 Å². The van der Waals surface area contributed by atoms with Crippen LogP contribution >= 0.6 is 0 Å². The van der Waals surface area contributed by atoms with Gasteiger partial charge in [0.25, 0.3) is 0 Å². The Balaban J connectivity index is 1.56. The molecule has 0 radical (unpaired) electrons. The first kappa shape index (κ1) is 25.5. The van der Waals surface area contributed by atoms with Gasteiger partial charge in [-0.3, -0.25) is 0 Å². The SMILES string of the molecule is COC(=O)c1cc(NC(=O)Nc2ccc(C(C)C)cc2)ccc1OC(c1ccccc1)c1ccccc1. The van der Waals surface area contributed by atoms with E-state index < -0.39 is 18.1 Å². The van der Waals surface area contributed by atoms with Gasteiger partial charge in [-0.2, -0.15) is 0 Å². The van der Waals surface area contributed by atoms with Crippen LogP contribution < -0.4 is 15.4 Å². The smallest absolute Gasteiger partial charge is 0.341 e. The lowest BCUT2D eigenvalue weighted by atomic mass is 10.0. The number of hydrogen-bond donors (Lipinski definition) is 2. The standard InChI is InChI=1S/C31H30N2O4/c1-21(2)22-14-16-25(17-15-22)32-31(35)33-26-18-19-28(27(20-26)30(34)36-3)37-29(23-10-6-4-7-11-23)24-12-8-5-9-13-24/h4-21,29H,1-3H3,(H2,32,33,35). The Kier molecular flexibility index (Phi) is 8.21. The molecule has 6 heteroatoms. The zero-order chi connectivity index (χ0) is 26.2. The first-order valence-corrected chi connectivity index (χ1v) is 12.1. The number of methoxy groups -OCH3 is 1. The lowest BCUT2D eigenvalue weighted by Crippen LogP contribution is -2.20. The number of ether oxygens (including phenoxy) is 2. The Hall–Kier alpha value is -4.58. The van der Waals surface area contributed by atoms with Crippen molar-refractivity contribution in [2.75, 3.05) is 17.7 Å². The summed E-state index contributed by atoms with van der Waals surface area (Å²) in [6.07, 6.45) is -0.443. The number of urea groups is 1. The molecule has 0 aliphatic rings. The number of esters is 1. The zero-order valence-corrected chi connectivity index (χ0v) is 21.1. The van der Waals surface area contributed by atoms with Crippen LogP contribution in [0.1, 0.15) is 52.9 Å². The van der Waals surface area contributed by atoms with E-state index in [0.29, 0.717) is 23.0 Å². The maximum Gasteiger partial charge on any atom is 0.341 e. The molecule has 0 atom stereocenters. The van der Waals surface area contributed by atoms with Crippen molar-refractivity contribution in [1.29, 1.82) is 0 Å². The molecular weight excluding hydrogens is 464 g/mol. The second-order valence-electron chi connectivity index (χ2n) is 8.88. The van der Waals surface area contributed by atoms with Crippen molar-refractivity contribution in [3.05, 3.63) is 125 Å². The van der Waals surface area contributed by atoms with Gasteiger partial charge in [-0.15, -0.1) is 0 Å². The third-order valence-corrected chi connectivity index (χ3v) is 5.93. The molecule has 4 rings (SSSR count). The van der Waals surface area contributed by atoms with Crippen molar-refractivity contribution < 1.29 is 19.1 Å². The molecule has 0 bridgehead atoms. The Morgan fingerprint density at radius 2 is 1.22 bits per heavy atom. The number of anilines is 2. The van der Waals surface area contributed by atoms with E-state index in [4.69, 9.17) is 9.47 Å². The summed E-state index contributed by atoms with van der Waals surface area (Å²) in [5.41, 5.74) is 4.37. The van der Waals surface area contributed by atoms with Crippen LogP contribution in [0.25, 0.3) is 0 Å². The van der Waals surface area contributed by atoms with Crippen LogP contribution in [-0.2, 0) is 4.74 Å². The molecule has 0 heterocycles. The number of amides is 2. The topological polar surface area (TPSA) is 76.7 Å². The second-order valence-corrected chi connectivity index (χ2v) is 8.88. The minimum atomic E-state index is -0.566. The molecule has 0 saturated heterocycles. The number of hydrogen-bond acceptors (Lipinski definition) is 4. The Labute approximate surface area is 217 Å². The van der Waals surface area contributed by atoms with Crippen molar-refractivity contribution in [3.63, 3.8) is 0 Å². The van der Waals surface area contributed by atoms with Gasteiger partial charge < -0.3 is 20.1 Å². The molecule has 2 amide bonds. The Bertz CT molecular complexity index is 1300. The zero-order valence-electron chi connectivity index (χ0n) is 21.1. The summed E-state index contributed by atoms with van der Waals surface area (Å²) in [5.74, 6) is 0.187. The fraction of sp³-hybridized carbons (Fsp3) is 0.161. The maximum absolute atomic E-state index is 12.7. The van der Waals surface area contributed by atoms with E-state index in [2.05, 4.69) is 24.5 Å². The van der Waals surface area contributed by atoms with Crippen molar-refractivity contribution in [2.24, 2.45) is 0 Å². The van der Waals surface area contributed by atoms with Gasteiger partial charge in [-0.25, -0.2) is 9.59 Å². The maximum atomic E-state index is 12.7. The monoisotopic (exact) mass is 494 g/mol. The molecular formula is C31H30N2O4. The fourth-order valence-electron chi connectivity index (χ4n) is 3.94. The van der Waals surface area contributed by atoms with Gasteiger partial charge in [0.2, 0.25) is 0 Å². The van der Waals surface area contributed by atoms with Gasteiger partial charge in [0.15, 0.2) is 0 Å². The largest absolute Gasteiger partial charge is 0.480 e. The predicted molar refractivity (Wildman–Crippen MR) is 146 cm³/mol. The number of benzene rings is 4. The average molecular weight is 495 g/mol. The molecule has 4 aromatic rings. The second kappa shape index (κ2) is 11.9. The molecule has 0 saturated carbocycles. The van der Waals surface area contributed by atoms with Gasteiger partial charge in [-0.1, -0.05) is 86.6 Å². The van der Waals surface area contributed by atoms with Crippen LogP contribution in [0.2, 0.25) is 0 Å². The summed E-state index contributed by atoms with van der Waals surface area (Å²) in [4.78, 5) is 25.3. The van der Waals surface area contributed by atoms with Crippen LogP contribution in [0.5, 0.6) is 5.75 Å². The minimum absolute atomic E-state index is 0.207. The summed E-state index contributed by atoms with van der Waals surface area (Å²) < 4.78 is 11.4. The van der Waals surface area contributed by atoms with E-state index in [1.807, 2.05) is 84.9 Å². The van der Waals surface area contributed by atoms with Crippen LogP contribution in [0, 0.1) is 0 Å². The molecule has 6 nitrogen and oxygen atoms in total. The first-order chi connectivity index (χ1) is 17.9. The summed E-state index contributed by atoms with van der Waals surface area (Å²) in [7, 11) is 1.31. The Morgan fingerprint density at radius 1 is 0.676 bits per heavy atom. The third kappa shape index (κ3) is 6.55. The molecule has 188 valence electrons. The highest BCUT2D eigenvalue weighted by atomic mass is 16.5. The van der Waals surface area contributed by atoms with Gasteiger partial charge in [-0.05, 0) is 52.9 Å². The van der Waals surface area contributed by atoms with Crippen LogP contribution in [0.15, 0.2) is 103 Å². The third-order valence-electron chi connectivity index (χ3n) is 5.93. The molecule has 2 N–H and O–H groups in total. The highest BCUT2D eigenvalue weighted by Gasteiger charge is 2.21. The van der Waals surface area contributed by atoms with Gasteiger partial charge in [0.1, 0.15) is 17.4 Å². The lowest BCUT2D eigenvalue weighted by Gasteiger charge is -2.22. The highest BCUT2D eigenvalue weighted by molar-refractivity contribution is 6.01. The van der Waals surface area contributed by atoms with E-state index in [0.717, 1.165) is 11.1 Å². The van der Waals surface area contributed by atoms with Crippen LogP contribution in [0.3, 0.4) is 0 Å². The number of carbonyl (C=O) groups is 2. The number of carbonyl (C=O) groups excluding carboxylic acids is 2.